The van der Waals surface area contributed by atoms with Gasteiger partial charge in [0.15, 0.2) is 0 Å². The number of carbonyl (C=O) groups excluding carboxylic acids is 1. The number of nitrogens with one attached hydrogen (secondary N) is 1. The molecule has 1 aliphatic heterocycles. The first kappa shape index (κ1) is 18.5. The van der Waals surface area contributed by atoms with E-state index in [9.17, 15) is 4.79 Å². The number of rotatable bonds is 5. The first-order chi connectivity index (χ1) is 12.6. The van der Waals surface area contributed by atoms with Crippen LogP contribution in [0.5, 0.6) is 0 Å². The lowest BCUT2D eigenvalue weighted by Gasteiger charge is -2.23. The molecule has 1 aromatic heterocycles. The molecule has 1 amide bonds. The second-order valence-corrected chi connectivity index (χ2v) is 7.12. The Bertz CT molecular complexity index is 702. The summed E-state index contributed by atoms with van der Waals surface area (Å²) >= 11 is 0. The van der Waals surface area contributed by atoms with Crippen molar-refractivity contribution in [2.45, 2.75) is 19.4 Å². The summed E-state index contributed by atoms with van der Waals surface area (Å²) in [5.41, 5.74) is 3.35. The Morgan fingerprint density at radius 2 is 1.73 bits per heavy atom. The number of amides is 1. The smallest absolute Gasteiger partial charge is 0.234 e. The molecule has 2 heterocycles. The molecule has 1 fully saturated rings. The number of aromatic nitrogens is 1. The molecule has 3 rings (SSSR count). The molecular formula is C21H28N4O. The van der Waals surface area contributed by atoms with E-state index in [-0.39, 0.29) is 11.9 Å². The maximum Gasteiger partial charge on any atom is 0.234 e. The number of pyridine rings is 1. The standard InChI is InChI=1S/C21H28N4O/c1-17-4-6-18(7-5-17)21(19-8-10-22-11-9-19)23-20(26)16-25-13-3-12-24(2)14-15-25/h4-11,21H,3,12-16H2,1-2H3,(H,23,26)/t21-/m1/s1. The van der Waals surface area contributed by atoms with E-state index in [0.29, 0.717) is 6.54 Å². The van der Waals surface area contributed by atoms with Crippen molar-refractivity contribution >= 4 is 5.91 Å². The van der Waals surface area contributed by atoms with E-state index in [0.717, 1.165) is 43.7 Å². The molecule has 26 heavy (non-hydrogen) atoms. The van der Waals surface area contributed by atoms with E-state index < -0.39 is 0 Å². The van der Waals surface area contributed by atoms with Crippen molar-refractivity contribution in [1.82, 2.24) is 20.1 Å². The Morgan fingerprint density at radius 1 is 1.04 bits per heavy atom. The van der Waals surface area contributed by atoms with Crippen LogP contribution in [0.1, 0.15) is 29.2 Å². The largest absolute Gasteiger partial charge is 0.344 e. The Labute approximate surface area is 156 Å². The van der Waals surface area contributed by atoms with Gasteiger partial charge in [-0.3, -0.25) is 14.7 Å². The number of nitrogens with zero attached hydrogens (tertiary/aromatic N) is 3. The molecular weight excluding hydrogens is 324 g/mol. The van der Waals surface area contributed by atoms with Gasteiger partial charge in [-0.1, -0.05) is 29.8 Å². The van der Waals surface area contributed by atoms with Gasteiger partial charge in [0.25, 0.3) is 0 Å². The first-order valence-electron chi connectivity index (χ1n) is 9.28. The van der Waals surface area contributed by atoms with Gasteiger partial charge >= 0.3 is 0 Å². The number of carbonyl (C=O) groups is 1. The fourth-order valence-corrected chi connectivity index (χ4v) is 3.34. The molecule has 5 nitrogen and oxygen atoms in total. The first-order valence-corrected chi connectivity index (χ1v) is 9.28. The van der Waals surface area contributed by atoms with Crippen LogP contribution in [-0.2, 0) is 4.79 Å². The Hall–Kier alpha value is -2.24. The zero-order valence-electron chi connectivity index (χ0n) is 15.7. The van der Waals surface area contributed by atoms with Gasteiger partial charge in [0, 0.05) is 25.5 Å². The normalized spacial score (nSPS) is 17.5. The summed E-state index contributed by atoms with van der Waals surface area (Å²) in [5, 5.41) is 3.23. The summed E-state index contributed by atoms with van der Waals surface area (Å²) in [7, 11) is 2.14. The van der Waals surface area contributed by atoms with Crippen molar-refractivity contribution < 1.29 is 4.79 Å². The van der Waals surface area contributed by atoms with Crippen molar-refractivity contribution in [2.75, 3.05) is 39.8 Å². The number of aryl methyl sites for hydroxylation is 1. The van der Waals surface area contributed by atoms with Crippen LogP contribution in [-0.4, -0.2) is 60.5 Å². The SMILES string of the molecule is Cc1ccc([C@@H](NC(=O)CN2CCCN(C)CC2)c2ccncc2)cc1. The summed E-state index contributed by atoms with van der Waals surface area (Å²) in [6.45, 7) is 6.54. The predicted octanol–water partition coefficient (Wildman–Crippen LogP) is 2.23. The third-order valence-electron chi connectivity index (χ3n) is 4.93. The van der Waals surface area contributed by atoms with E-state index in [1.165, 1.54) is 5.56 Å². The predicted molar refractivity (Wildman–Crippen MR) is 104 cm³/mol. The Kier molecular flexibility index (Phi) is 6.36. The number of hydrogen-bond donors (Lipinski definition) is 1. The quantitative estimate of drug-likeness (QED) is 0.897. The van der Waals surface area contributed by atoms with Crippen LogP contribution in [0, 0.1) is 6.92 Å². The maximum absolute atomic E-state index is 12.7. The second-order valence-electron chi connectivity index (χ2n) is 7.12. The zero-order chi connectivity index (χ0) is 18.4. The highest BCUT2D eigenvalue weighted by atomic mass is 16.2. The molecule has 5 heteroatoms. The maximum atomic E-state index is 12.7. The van der Waals surface area contributed by atoms with Crippen molar-refractivity contribution in [3.8, 4) is 0 Å². The molecule has 0 bridgehead atoms. The summed E-state index contributed by atoms with van der Waals surface area (Å²) in [4.78, 5) is 21.4. The molecule has 1 N–H and O–H groups in total. The van der Waals surface area contributed by atoms with Gasteiger partial charge in [0.2, 0.25) is 5.91 Å². The van der Waals surface area contributed by atoms with Gasteiger partial charge in [-0.15, -0.1) is 0 Å². The fourth-order valence-electron chi connectivity index (χ4n) is 3.34. The Balaban J connectivity index is 1.71. The lowest BCUT2D eigenvalue weighted by atomic mass is 9.98. The highest BCUT2D eigenvalue weighted by Gasteiger charge is 2.20. The van der Waals surface area contributed by atoms with E-state index in [1.807, 2.05) is 12.1 Å². The lowest BCUT2D eigenvalue weighted by molar-refractivity contribution is -0.122. The van der Waals surface area contributed by atoms with Crippen molar-refractivity contribution in [2.24, 2.45) is 0 Å². The molecule has 1 saturated heterocycles. The van der Waals surface area contributed by atoms with Crippen molar-refractivity contribution in [3.05, 3.63) is 65.5 Å². The monoisotopic (exact) mass is 352 g/mol. The van der Waals surface area contributed by atoms with Gasteiger partial charge in [0.05, 0.1) is 12.6 Å². The van der Waals surface area contributed by atoms with Crippen LogP contribution in [0.25, 0.3) is 0 Å². The molecule has 0 radical (unpaired) electrons. The molecule has 1 atom stereocenters. The third-order valence-corrected chi connectivity index (χ3v) is 4.93. The average molecular weight is 352 g/mol. The van der Waals surface area contributed by atoms with Gasteiger partial charge in [0.1, 0.15) is 0 Å². The topological polar surface area (TPSA) is 48.5 Å². The van der Waals surface area contributed by atoms with E-state index in [4.69, 9.17) is 0 Å². The van der Waals surface area contributed by atoms with Crippen LogP contribution in [0.4, 0.5) is 0 Å². The summed E-state index contributed by atoms with van der Waals surface area (Å²) in [6, 6.07) is 12.1. The summed E-state index contributed by atoms with van der Waals surface area (Å²) in [5.74, 6) is 0.0666. The minimum atomic E-state index is -0.152. The minimum Gasteiger partial charge on any atom is -0.344 e. The average Bonchev–Trinajstić information content (AvgIpc) is 2.85. The van der Waals surface area contributed by atoms with Gasteiger partial charge in [-0.2, -0.15) is 0 Å². The molecule has 1 aliphatic rings. The van der Waals surface area contributed by atoms with Crippen LogP contribution in [0.2, 0.25) is 0 Å². The van der Waals surface area contributed by atoms with Gasteiger partial charge in [-0.25, -0.2) is 0 Å². The van der Waals surface area contributed by atoms with Crippen LogP contribution in [0.3, 0.4) is 0 Å². The van der Waals surface area contributed by atoms with Crippen LogP contribution < -0.4 is 5.32 Å². The number of likely N-dealkylation sites (N-methyl/N-ethyl adjacent to an activating group) is 1. The number of benzene rings is 1. The highest BCUT2D eigenvalue weighted by molar-refractivity contribution is 5.79. The molecule has 0 unspecified atom stereocenters. The van der Waals surface area contributed by atoms with Crippen molar-refractivity contribution in [3.63, 3.8) is 0 Å². The fraction of sp³-hybridized carbons (Fsp3) is 0.429. The highest BCUT2D eigenvalue weighted by Crippen LogP contribution is 2.22. The lowest BCUT2D eigenvalue weighted by Crippen LogP contribution is -2.40. The van der Waals surface area contributed by atoms with E-state index in [2.05, 4.69) is 58.3 Å². The third kappa shape index (κ3) is 5.13. The van der Waals surface area contributed by atoms with Gasteiger partial charge in [-0.05, 0) is 56.7 Å². The van der Waals surface area contributed by atoms with E-state index >= 15 is 0 Å². The summed E-state index contributed by atoms with van der Waals surface area (Å²) < 4.78 is 0. The Morgan fingerprint density at radius 3 is 2.46 bits per heavy atom. The van der Waals surface area contributed by atoms with Gasteiger partial charge < -0.3 is 10.2 Å². The van der Waals surface area contributed by atoms with Crippen LogP contribution >= 0.6 is 0 Å². The minimum absolute atomic E-state index is 0.0666. The molecule has 0 aliphatic carbocycles. The number of hydrogen-bond acceptors (Lipinski definition) is 4. The zero-order valence-corrected chi connectivity index (χ0v) is 15.7. The molecule has 0 spiro atoms. The molecule has 0 saturated carbocycles. The van der Waals surface area contributed by atoms with E-state index in [1.54, 1.807) is 12.4 Å². The second kappa shape index (κ2) is 8.92. The van der Waals surface area contributed by atoms with Crippen LogP contribution in [0.15, 0.2) is 48.8 Å². The summed E-state index contributed by atoms with van der Waals surface area (Å²) in [6.07, 6.45) is 4.65. The molecule has 138 valence electrons. The molecule has 2 aromatic rings. The van der Waals surface area contributed by atoms with Crippen molar-refractivity contribution in [1.29, 1.82) is 0 Å². The molecule has 1 aromatic carbocycles.